The lowest BCUT2D eigenvalue weighted by molar-refractivity contribution is -0.137. The van der Waals surface area contributed by atoms with Gasteiger partial charge in [0.25, 0.3) is 0 Å². The van der Waals surface area contributed by atoms with Crippen molar-refractivity contribution in [1.29, 1.82) is 5.41 Å². The van der Waals surface area contributed by atoms with Crippen LogP contribution < -0.4 is 11.5 Å². The summed E-state index contributed by atoms with van der Waals surface area (Å²) in [6.45, 7) is 0. The van der Waals surface area contributed by atoms with Gasteiger partial charge in [0.2, 0.25) is 5.83 Å². The Bertz CT molecular complexity index is 571. The Morgan fingerprint density at radius 2 is 1.73 bits per heavy atom. The molecule has 0 atom stereocenters. The largest absolute Gasteiger partial charge is 0.476 e. The Balaban J connectivity index is 0. The highest BCUT2D eigenvalue weighted by atomic mass is 35.5. The van der Waals surface area contributed by atoms with E-state index >= 15 is 0 Å². The average molecular weight is 348 g/mol. The van der Waals surface area contributed by atoms with Crippen molar-refractivity contribution in [2.24, 2.45) is 11.5 Å². The molecule has 1 aromatic carbocycles. The number of nitrogens with one attached hydrogen (secondary N) is 1. The van der Waals surface area contributed by atoms with Crippen molar-refractivity contribution < 1.29 is 31.9 Å². The second-order valence-corrected chi connectivity index (χ2v) is 3.49. The minimum atomic E-state index is -4.71. The third-order valence-corrected chi connectivity index (χ3v) is 1.81. The fraction of sp³-hybridized carbons (Fsp3) is 0.0909. The molecule has 11 heteroatoms. The summed E-state index contributed by atoms with van der Waals surface area (Å²) in [7, 11) is 0. The van der Waals surface area contributed by atoms with Crippen molar-refractivity contribution in [3.05, 3.63) is 41.0 Å². The monoisotopic (exact) mass is 347 g/mol. The highest BCUT2D eigenvalue weighted by molar-refractivity contribution is 5.89. The van der Waals surface area contributed by atoms with E-state index in [1.54, 1.807) is 0 Å². The molecule has 0 bridgehead atoms. The summed E-state index contributed by atoms with van der Waals surface area (Å²) in [5, 5.41) is 14.2. The maximum atomic E-state index is 13.0. The predicted molar refractivity (Wildman–Crippen MR) is 71.5 cm³/mol. The molecule has 0 fully saturated rings. The topological polar surface area (TPSA) is 113 Å². The number of carboxylic acid groups (broad SMARTS) is 1. The van der Waals surface area contributed by atoms with Gasteiger partial charge in [-0.15, -0.1) is 12.4 Å². The van der Waals surface area contributed by atoms with Gasteiger partial charge in [-0.25, -0.2) is 9.18 Å². The van der Waals surface area contributed by atoms with Crippen LogP contribution >= 0.6 is 12.4 Å². The van der Waals surface area contributed by atoms with Crippen LogP contribution in [0.15, 0.2) is 24.0 Å². The zero-order valence-electron chi connectivity index (χ0n) is 10.6. The molecule has 0 spiro atoms. The minimum absolute atomic E-state index is 0. The van der Waals surface area contributed by atoms with E-state index in [0.717, 1.165) is 0 Å². The van der Waals surface area contributed by atoms with E-state index in [9.17, 15) is 26.7 Å². The lowest BCUT2D eigenvalue weighted by Crippen LogP contribution is -2.20. The third kappa shape index (κ3) is 8.04. The van der Waals surface area contributed by atoms with E-state index in [0.29, 0.717) is 18.2 Å². The molecule has 0 radical (unpaired) electrons. The molecule has 0 aliphatic carbocycles. The molecular formula is C11H11ClF5N3O2. The van der Waals surface area contributed by atoms with Crippen LogP contribution in [-0.2, 0) is 11.0 Å². The zero-order chi connectivity index (χ0) is 16.8. The number of hydrogen-bond donors (Lipinski definition) is 4. The number of nitrogens with two attached hydrogens (primary N) is 2. The number of halogens is 6. The van der Waals surface area contributed by atoms with Crippen LogP contribution in [0.5, 0.6) is 0 Å². The fourth-order valence-corrected chi connectivity index (χ4v) is 1.03. The molecule has 0 aliphatic heterocycles. The van der Waals surface area contributed by atoms with Gasteiger partial charge in [-0.1, -0.05) is 0 Å². The van der Waals surface area contributed by atoms with Crippen LogP contribution in [0.4, 0.5) is 22.0 Å². The molecule has 0 aromatic heterocycles. The summed E-state index contributed by atoms with van der Waals surface area (Å²) >= 11 is 0. The van der Waals surface area contributed by atoms with Gasteiger partial charge < -0.3 is 16.6 Å². The van der Waals surface area contributed by atoms with Crippen molar-refractivity contribution in [2.75, 3.05) is 0 Å². The summed E-state index contributed by atoms with van der Waals surface area (Å²) in [5.41, 5.74) is 6.98. The Morgan fingerprint density at radius 3 is 2.09 bits per heavy atom. The fourth-order valence-electron chi connectivity index (χ4n) is 1.03. The lowest BCUT2D eigenvalue weighted by Gasteiger charge is -2.07. The number of guanidine groups is 1. The van der Waals surface area contributed by atoms with Gasteiger partial charge in [0.1, 0.15) is 5.82 Å². The second-order valence-electron chi connectivity index (χ2n) is 3.49. The number of benzene rings is 1. The van der Waals surface area contributed by atoms with Gasteiger partial charge in [0, 0.05) is 5.56 Å². The van der Waals surface area contributed by atoms with Crippen LogP contribution in [0.2, 0.25) is 0 Å². The summed E-state index contributed by atoms with van der Waals surface area (Å²) < 4.78 is 62.4. The molecule has 0 saturated heterocycles. The first-order chi connectivity index (χ1) is 9.45. The highest BCUT2D eigenvalue weighted by Gasteiger charge is 2.31. The predicted octanol–water partition coefficient (Wildman–Crippen LogP) is 2.50. The first-order valence-electron chi connectivity index (χ1n) is 5.02. The zero-order valence-corrected chi connectivity index (χ0v) is 11.4. The van der Waals surface area contributed by atoms with E-state index in [1.165, 1.54) is 0 Å². The van der Waals surface area contributed by atoms with Gasteiger partial charge in [-0.2, -0.15) is 17.6 Å². The molecule has 5 nitrogen and oxygen atoms in total. The molecule has 124 valence electrons. The van der Waals surface area contributed by atoms with E-state index in [2.05, 4.69) is 11.5 Å². The minimum Gasteiger partial charge on any atom is -0.476 e. The normalized spacial score (nSPS) is 10.9. The molecule has 0 saturated carbocycles. The van der Waals surface area contributed by atoms with E-state index in [-0.39, 0.29) is 24.4 Å². The lowest BCUT2D eigenvalue weighted by atomic mass is 10.1. The molecule has 0 aliphatic rings. The number of rotatable bonds is 2. The third-order valence-electron chi connectivity index (χ3n) is 1.81. The standard InChI is InChI=1S/C10H5F5O2.CH5N3.ClH/c11-7-2-1-6(10(13,14)15)3-5(7)4-8(12)9(16)17;2-1(3)4;/h1-4H,(H,16,17);(H5,2,3,4);1H. The summed E-state index contributed by atoms with van der Waals surface area (Å²) in [6.07, 6.45) is -4.52. The molecule has 1 aromatic rings. The van der Waals surface area contributed by atoms with Gasteiger partial charge in [-0.05, 0) is 24.3 Å². The quantitative estimate of drug-likeness (QED) is 0.285. The van der Waals surface area contributed by atoms with Gasteiger partial charge >= 0.3 is 12.1 Å². The summed E-state index contributed by atoms with van der Waals surface area (Å²) in [5.74, 6) is -5.21. The number of carbonyl (C=O) groups is 1. The number of alkyl halides is 3. The van der Waals surface area contributed by atoms with Gasteiger partial charge in [-0.3, -0.25) is 5.41 Å². The number of aliphatic carboxylic acids is 1. The molecule has 0 heterocycles. The SMILES string of the molecule is Cl.N=C(N)N.O=C(O)C(F)=Cc1cc(C(F)(F)F)ccc1F. The number of carboxylic acids is 1. The van der Waals surface area contributed by atoms with Crippen LogP contribution in [-0.4, -0.2) is 17.0 Å². The molecule has 6 N–H and O–H groups in total. The highest BCUT2D eigenvalue weighted by Crippen LogP contribution is 2.30. The Labute approximate surface area is 127 Å². The maximum absolute atomic E-state index is 13.0. The molecule has 0 amide bonds. The number of hydrogen-bond acceptors (Lipinski definition) is 2. The Morgan fingerprint density at radius 1 is 1.27 bits per heavy atom. The van der Waals surface area contributed by atoms with E-state index in [4.69, 9.17) is 10.5 Å². The molecular weight excluding hydrogens is 337 g/mol. The van der Waals surface area contributed by atoms with Crippen molar-refractivity contribution in [2.45, 2.75) is 6.18 Å². The van der Waals surface area contributed by atoms with Crippen LogP contribution in [0.1, 0.15) is 11.1 Å². The van der Waals surface area contributed by atoms with Crippen molar-refractivity contribution in [3.63, 3.8) is 0 Å². The van der Waals surface area contributed by atoms with E-state index in [1.807, 2.05) is 0 Å². The molecule has 0 unspecified atom stereocenters. The first kappa shape index (κ1) is 21.9. The van der Waals surface area contributed by atoms with Crippen LogP contribution in [0.25, 0.3) is 6.08 Å². The smallest absolute Gasteiger partial charge is 0.416 e. The first-order valence-corrected chi connectivity index (χ1v) is 5.02. The molecule has 22 heavy (non-hydrogen) atoms. The van der Waals surface area contributed by atoms with E-state index < -0.39 is 34.9 Å². The molecule has 1 rings (SSSR count). The van der Waals surface area contributed by atoms with Crippen LogP contribution in [0.3, 0.4) is 0 Å². The van der Waals surface area contributed by atoms with Crippen molar-refractivity contribution in [3.8, 4) is 0 Å². The maximum Gasteiger partial charge on any atom is 0.416 e. The summed E-state index contributed by atoms with van der Waals surface area (Å²) in [6, 6.07) is 1.30. The average Bonchev–Trinajstić information content (AvgIpc) is 2.29. The second kappa shape index (κ2) is 8.82. The van der Waals surface area contributed by atoms with Crippen molar-refractivity contribution in [1.82, 2.24) is 0 Å². The van der Waals surface area contributed by atoms with Gasteiger partial charge in [0.05, 0.1) is 5.56 Å². The van der Waals surface area contributed by atoms with Crippen LogP contribution in [0, 0.1) is 11.2 Å². The Hall–Kier alpha value is -2.36. The Kier molecular flexibility index (Phi) is 8.79. The van der Waals surface area contributed by atoms with Crippen molar-refractivity contribution >= 4 is 30.4 Å². The summed E-state index contributed by atoms with van der Waals surface area (Å²) in [4.78, 5) is 10.1. The van der Waals surface area contributed by atoms with Gasteiger partial charge in [0.15, 0.2) is 5.96 Å².